The molecule has 0 aliphatic carbocycles. The molecular weight excluding hydrogens is 360 g/mol. The summed E-state index contributed by atoms with van der Waals surface area (Å²) in [6, 6.07) is 7.52. The number of benzene rings is 1. The number of esters is 1. The van der Waals surface area contributed by atoms with E-state index >= 15 is 0 Å². The third kappa shape index (κ3) is 3.98. The summed E-state index contributed by atoms with van der Waals surface area (Å²) in [6.07, 6.45) is -0.899. The van der Waals surface area contributed by atoms with E-state index in [4.69, 9.17) is 14.2 Å². The standard InChI is InChI=1S/C21H26N2O5/c1-12(2)23-13(3)8-17(14(23)4)21(25)28-15(5)20(24)22-10-16-6-7-18-19(9-16)27-11-26-18/h6-9,12,15H,10-11H2,1-5H3,(H,22,24)/t15-/m0/s1. The van der Waals surface area contributed by atoms with Crippen molar-refractivity contribution in [3.05, 3.63) is 46.8 Å². The number of nitrogens with zero attached hydrogens (tertiary/aromatic N) is 1. The number of fused-ring (bicyclic) bond motifs is 1. The lowest BCUT2D eigenvalue weighted by atomic mass is 10.2. The fraction of sp³-hybridized carbons (Fsp3) is 0.429. The van der Waals surface area contributed by atoms with Crippen molar-refractivity contribution in [1.82, 2.24) is 9.88 Å². The number of nitrogens with one attached hydrogen (secondary N) is 1. The second-order valence-electron chi connectivity index (χ2n) is 7.20. The summed E-state index contributed by atoms with van der Waals surface area (Å²) in [5.41, 5.74) is 3.18. The van der Waals surface area contributed by atoms with Crippen LogP contribution in [0.25, 0.3) is 0 Å². The highest BCUT2D eigenvalue weighted by Crippen LogP contribution is 2.32. The van der Waals surface area contributed by atoms with Gasteiger partial charge in [0.2, 0.25) is 6.79 Å². The van der Waals surface area contributed by atoms with E-state index in [2.05, 4.69) is 23.7 Å². The number of carbonyl (C=O) groups is 2. The van der Waals surface area contributed by atoms with E-state index < -0.39 is 12.1 Å². The molecule has 0 spiro atoms. The highest BCUT2D eigenvalue weighted by Gasteiger charge is 2.23. The van der Waals surface area contributed by atoms with Gasteiger partial charge in [-0.1, -0.05) is 6.07 Å². The topological polar surface area (TPSA) is 78.8 Å². The lowest BCUT2D eigenvalue weighted by Gasteiger charge is -2.15. The SMILES string of the molecule is Cc1cc(C(=O)O[C@@H](C)C(=O)NCc2ccc3c(c2)OCO3)c(C)n1C(C)C. The van der Waals surface area contributed by atoms with Gasteiger partial charge in [0.1, 0.15) is 0 Å². The highest BCUT2D eigenvalue weighted by atomic mass is 16.7. The average molecular weight is 386 g/mol. The number of rotatable bonds is 6. The van der Waals surface area contributed by atoms with E-state index in [-0.39, 0.29) is 18.7 Å². The van der Waals surface area contributed by atoms with E-state index in [0.717, 1.165) is 17.0 Å². The first-order valence-electron chi connectivity index (χ1n) is 9.33. The van der Waals surface area contributed by atoms with Gasteiger partial charge in [-0.2, -0.15) is 0 Å². The molecule has 0 fully saturated rings. The fourth-order valence-electron chi connectivity index (χ4n) is 3.44. The Morgan fingerprint density at radius 3 is 2.54 bits per heavy atom. The normalized spacial score (nSPS) is 13.5. The minimum Gasteiger partial charge on any atom is -0.454 e. The number of amides is 1. The van der Waals surface area contributed by atoms with Crippen molar-refractivity contribution in [1.29, 1.82) is 0 Å². The van der Waals surface area contributed by atoms with E-state index in [9.17, 15) is 9.59 Å². The number of aryl methyl sites for hydroxylation is 1. The van der Waals surface area contributed by atoms with Crippen molar-refractivity contribution in [2.75, 3.05) is 6.79 Å². The van der Waals surface area contributed by atoms with Gasteiger partial charge >= 0.3 is 5.97 Å². The summed E-state index contributed by atoms with van der Waals surface area (Å²) in [7, 11) is 0. The first-order chi connectivity index (χ1) is 13.3. The first-order valence-corrected chi connectivity index (χ1v) is 9.33. The Morgan fingerprint density at radius 1 is 1.14 bits per heavy atom. The van der Waals surface area contributed by atoms with Crippen LogP contribution < -0.4 is 14.8 Å². The van der Waals surface area contributed by atoms with Crippen LogP contribution in [0.3, 0.4) is 0 Å². The van der Waals surface area contributed by atoms with Crippen LogP contribution >= 0.6 is 0 Å². The fourth-order valence-corrected chi connectivity index (χ4v) is 3.44. The maximum absolute atomic E-state index is 12.5. The Labute approximate surface area is 164 Å². The predicted molar refractivity (Wildman–Crippen MR) is 104 cm³/mol. The smallest absolute Gasteiger partial charge is 0.340 e. The number of ether oxygens (including phenoxy) is 3. The maximum atomic E-state index is 12.5. The molecule has 0 saturated heterocycles. The minimum absolute atomic E-state index is 0.204. The Hall–Kier alpha value is -2.96. The van der Waals surface area contributed by atoms with Crippen molar-refractivity contribution in [3.63, 3.8) is 0 Å². The molecule has 1 aliphatic heterocycles. The monoisotopic (exact) mass is 386 g/mol. The summed E-state index contributed by atoms with van der Waals surface area (Å²) < 4.78 is 18.0. The molecule has 0 bridgehead atoms. The molecule has 28 heavy (non-hydrogen) atoms. The highest BCUT2D eigenvalue weighted by molar-refractivity contribution is 5.93. The van der Waals surface area contributed by atoms with Crippen LogP contribution in [0.4, 0.5) is 0 Å². The maximum Gasteiger partial charge on any atom is 0.340 e. The van der Waals surface area contributed by atoms with Gasteiger partial charge in [0.15, 0.2) is 17.6 Å². The van der Waals surface area contributed by atoms with Crippen molar-refractivity contribution in [2.45, 2.75) is 53.3 Å². The molecule has 2 heterocycles. The average Bonchev–Trinajstić information content (AvgIpc) is 3.22. The molecule has 0 radical (unpaired) electrons. The second-order valence-corrected chi connectivity index (χ2v) is 7.20. The Bertz CT molecular complexity index is 900. The van der Waals surface area contributed by atoms with Crippen LogP contribution in [0.5, 0.6) is 11.5 Å². The second kappa shape index (κ2) is 7.96. The van der Waals surface area contributed by atoms with E-state index in [0.29, 0.717) is 23.6 Å². The van der Waals surface area contributed by atoms with E-state index in [1.807, 2.05) is 26.0 Å². The third-order valence-electron chi connectivity index (χ3n) is 4.78. The zero-order valence-corrected chi connectivity index (χ0v) is 16.9. The molecule has 7 nitrogen and oxygen atoms in total. The number of hydrogen-bond donors (Lipinski definition) is 1. The summed E-state index contributed by atoms with van der Waals surface area (Å²) in [4.78, 5) is 24.9. The summed E-state index contributed by atoms with van der Waals surface area (Å²) >= 11 is 0. The lowest BCUT2D eigenvalue weighted by molar-refractivity contribution is -0.129. The molecular formula is C21H26N2O5. The van der Waals surface area contributed by atoms with Gasteiger partial charge in [-0.15, -0.1) is 0 Å². The van der Waals surface area contributed by atoms with Crippen LogP contribution in [-0.4, -0.2) is 29.3 Å². The van der Waals surface area contributed by atoms with Gasteiger partial charge in [0.25, 0.3) is 5.91 Å². The van der Waals surface area contributed by atoms with Crippen LogP contribution in [0.2, 0.25) is 0 Å². The molecule has 7 heteroatoms. The number of hydrogen-bond acceptors (Lipinski definition) is 5. The molecule has 2 aromatic rings. The first kappa shape index (κ1) is 19.8. The Kier molecular flexibility index (Phi) is 5.63. The van der Waals surface area contributed by atoms with E-state index in [1.165, 1.54) is 0 Å². The number of carbonyl (C=O) groups excluding carboxylic acids is 2. The van der Waals surface area contributed by atoms with Crippen molar-refractivity contribution in [3.8, 4) is 11.5 Å². The van der Waals surface area contributed by atoms with Gasteiger partial charge in [-0.3, -0.25) is 4.79 Å². The molecule has 150 valence electrons. The van der Waals surface area contributed by atoms with Crippen molar-refractivity contribution in [2.24, 2.45) is 0 Å². The molecule has 1 amide bonds. The van der Waals surface area contributed by atoms with Crippen LogP contribution in [0.15, 0.2) is 24.3 Å². The molecule has 1 aromatic carbocycles. The molecule has 1 aromatic heterocycles. The summed E-state index contributed by atoms with van der Waals surface area (Å²) in [6.45, 7) is 10.0. The van der Waals surface area contributed by atoms with Gasteiger partial charge in [-0.05, 0) is 58.4 Å². The van der Waals surface area contributed by atoms with Crippen molar-refractivity contribution < 1.29 is 23.8 Å². The van der Waals surface area contributed by atoms with Crippen LogP contribution in [0.1, 0.15) is 54.1 Å². The molecule has 3 rings (SSSR count). The Morgan fingerprint density at radius 2 is 1.86 bits per heavy atom. The van der Waals surface area contributed by atoms with E-state index in [1.54, 1.807) is 19.1 Å². The van der Waals surface area contributed by atoms with Crippen molar-refractivity contribution >= 4 is 11.9 Å². The van der Waals surface area contributed by atoms with Gasteiger partial charge in [-0.25, -0.2) is 4.79 Å². The quantitative estimate of drug-likeness (QED) is 0.771. The summed E-state index contributed by atoms with van der Waals surface area (Å²) in [5.74, 6) is 0.498. The van der Waals surface area contributed by atoms with Crippen LogP contribution in [-0.2, 0) is 16.1 Å². The molecule has 1 N–H and O–H groups in total. The van der Waals surface area contributed by atoms with Gasteiger partial charge < -0.3 is 24.1 Å². The molecule has 1 atom stereocenters. The lowest BCUT2D eigenvalue weighted by Crippen LogP contribution is -2.35. The molecule has 0 saturated carbocycles. The zero-order valence-electron chi connectivity index (χ0n) is 16.9. The van der Waals surface area contributed by atoms with Gasteiger partial charge in [0.05, 0.1) is 5.56 Å². The third-order valence-corrected chi connectivity index (χ3v) is 4.78. The predicted octanol–water partition coefficient (Wildman–Crippen LogP) is 3.28. The molecule has 1 aliphatic rings. The molecule has 0 unspecified atom stereocenters. The van der Waals surface area contributed by atoms with Crippen LogP contribution in [0, 0.1) is 13.8 Å². The minimum atomic E-state index is -0.899. The van der Waals surface area contributed by atoms with Gasteiger partial charge in [0, 0.05) is 24.0 Å². The Balaban J connectivity index is 1.58. The summed E-state index contributed by atoms with van der Waals surface area (Å²) in [5, 5.41) is 2.78. The largest absolute Gasteiger partial charge is 0.454 e. The number of aromatic nitrogens is 1. The zero-order chi connectivity index (χ0) is 20.4.